The highest BCUT2D eigenvalue weighted by Gasteiger charge is 2.20. The van der Waals surface area contributed by atoms with Crippen molar-refractivity contribution in [3.63, 3.8) is 0 Å². The van der Waals surface area contributed by atoms with E-state index in [1.807, 2.05) is 0 Å². The molecular weight excluding hydrogens is 393 g/mol. The van der Waals surface area contributed by atoms with Crippen LogP contribution >= 0.6 is 34.3 Å². The Morgan fingerprint density at radius 2 is 2.04 bits per heavy atom. The molecule has 1 aliphatic heterocycles. The molecule has 134 valence electrons. The Bertz CT molecular complexity index is 1090. The lowest BCUT2D eigenvalue weighted by molar-refractivity contribution is 0.592. The van der Waals surface area contributed by atoms with E-state index in [9.17, 15) is 4.39 Å². The Hall–Kier alpha value is -1.74. The summed E-state index contributed by atoms with van der Waals surface area (Å²) in [6.07, 6.45) is 1.74. The summed E-state index contributed by atoms with van der Waals surface area (Å²) in [7, 11) is 1.76. The van der Waals surface area contributed by atoms with Crippen molar-refractivity contribution in [2.75, 3.05) is 31.1 Å². The molecule has 0 amide bonds. The van der Waals surface area contributed by atoms with Crippen LogP contribution in [0.1, 0.15) is 0 Å². The highest BCUT2D eigenvalue weighted by Crippen LogP contribution is 2.42. The van der Waals surface area contributed by atoms with Crippen molar-refractivity contribution in [3.05, 3.63) is 29.2 Å². The molecular formula is C17H15ClFN5S2. The summed E-state index contributed by atoms with van der Waals surface area (Å²) in [6, 6.07) is 3.62. The van der Waals surface area contributed by atoms with E-state index in [1.54, 1.807) is 40.6 Å². The smallest absolute Gasteiger partial charge is 0.152 e. The fraction of sp³-hybridized carbons (Fsp3) is 0.294. The van der Waals surface area contributed by atoms with Crippen molar-refractivity contribution >= 4 is 59.7 Å². The molecule has 4 aromatic rings. The lowest BCUT2D eigenvalue weighted by Crippen LogP contribution is -2.43. The molecule has 9 heteroatoms. The number of fused-ring (bicyclic) bond motifs is 2. The molecule has 3 aromatic heterocycles. The number of aromatic nitrogens is 3. The standard InChI is InChI=1S/C17H15ClFN5S2/c1-23-8-10-14(18)9(6-11(19)15(10)22-23)16-21-17-12(25-16)7-13(26-17)24-4-2-20-3-5-24/h6-8,20H,2-5H2,1H3. The normalized spacial score (nSPS) is 15.4. The quantitative estimate of drug-likeness (QED) is 0.543. The molecule has 1 saturated heterocycles. The van der Waals surface area contributed by atoms with Crippen LogP contribution in [0.3, 0.4) is 0 Å². The molecule has 0 bridgehead atoms. The number of thiazole rings is 1. The fourth-order valence-electron chi connectivity index (χ4n) is 3.26. The van der Waals surface area contributed by atoms with Crippen molar-refractivity contribution in [2.24, 2.45) is 7.05 Å². The summed E-state index contributed by atoms with van der Waals surface area (Å²) >= 11 is 9.78. The van der Waals surface area contributed by atoms with Gasteiger partial charge in [0.2, 0.25) is 0 Å². The van der Waals surface area contributed by atoms with E-state index >= 15 is 0 Å². The van der Waals surface area contributed by atoms with E-state index in [0.29, 0.717) is 21.5 Å². The van der Waals surface area contributed by atoms with E-state index in [2.05, 4.69) is 21.4 Å². The summed E-state index contributed by atoms with van der Waals surface area (Å²) in [6.45, 7) is 4.03. The molecule has 1 aromatic carbocycles. The minimum Gasteiger partial charge on any atom is -0.361 e. The number of halogens is 2. The van der Waals surface area contributed by atoms with E-state index in [0.717, 1.165) is 40.7 Å². The van der Waals surface area contributed by atoms with Gasteiger partial charge >= 0.3 is 0 Å². The number of aryl methyl sites for hydroxylation is 1. The first-order chi connectivity index (χ1) is 12.6. The molecule has 0 saturated carbocycles. The topological polar surface area (TPSA) is 46.0 Å². The Balaban J connectivity index is 1.58. The minimum atomic E-state index is -0.375. The van der Waals surface area contributed by atoms with Gasteiger partial charge in [-0.25, -0.2) is 9.37 Å². The molecule has 0 unspecified atom stereocenters. The first kappa shape index (κ1) is 16.4. The largest absolute Gasteiger partial charge is 0.361 e. The van der Waals surface area contributed by atoms with Gasteiger partial charge < -0.3 is 10.2 Å². The third-order valence-electron chi connectivity index (χ3n) is 4.53. The number of nitrogens with zero attached hydrogens (tertiary/aromatic N) is 4. The average Bonchev–Trinajstić information content (AvgIpc) is 3.31. The highest BCUT2D eigenvalue weighted by molar-refractivity contribution is 7.30. The summed E-state index contributed by atoms with van der Waals surface area (Å²) in [4.78, 5) is 8.08. The van der Waals surface area contributed by atoms with Gasteiger partial charge in [0, 0.05) is 50.4 Å². The van der Waals surface area contributed by atoms with E-state index in [4.69, 9.17) is 16.6 Å². The van der Waals surface area contributed by atoms with Crippen LogP contribution in [0, 0.1) is 5.82 Å². The second-order valence-electron chi connectivity index (χ2n) is 6.30. The molecule has 1 fully saturated rings. The molecule has 0 atom stereocenters. The highest BCUT2D eigenvalue weighted by atomic mass is 35.5. The van der Waals surface area contributed by atoms with Gasteiger partial charge in [-0.3, -0.25) is 4.68 Å². The van der Waals surface area contributed by atoms with Crippen molar-refractivity contribution in [1.29, 1.82) is 0 Å². The second-order valence-corrected chi connectivity index (χ2v) is 8.71. The second kappa shape index (κ2) is 6.16. The van der Waals surface area contributed by atoms with Crippen LogP contribution in [0.25, 0.3) is 31.0 Å². The summed E-state index contributed by atoms with van der Waals surface area (Å²) in [5.41, 5.74) is 0.919. The first-order valence-corrected chi connectivity index (χ1v) is 10.3. The number of nitrogens with one attached hydrogen (secondary N) is 1. The lowest BCUT2D eigenvalue weighted by Gasteiger charge is -2.27. The minimum absolute atomic E-state index is 0.292. The van der Waals surface area contributed by atoms with Crippen molar-refractivity contribution in [2.45, 2.75) is 0 Å². The molecule has 0 aliphatic carbocycles. The van der Waals surface area contributed by atoms with Gasteiger partial charge in [-0.2, -0.15) is 5.10 Å². The van der Waals surface area contributed by atoms with Crippen LogP contribution < -0.4 is 10.2 Å². The number of thiophene rings is 1. The monoisotopic (exact) mass is 407 g/mol. The van der Waals surface area contributed by atoms with Crippen LogP contribution in [0.5, 0.6) is 0 Å². The number of hydrogen-bond acceptors (Lipinski definition) is 6. The van der Waals surface area contributed by atoms with Gasteiger partial charge in [0.05, 0.1) is 14.7 Å². The molecule has 5 nitrogen and oxygen atoms in total. The summed E-state index contributed by atoms with van der Waals surface area (Å²) < 4.78 is 17.1. The zero-order valence-electron chi connectivity index (χ0n) is 13.9. The molecule has 1 aliphatic rings. The molecule has 5 rings (SSSR count). The number of hydrogen-bond donors (Lipinski definition) is 1. The molecule has 0 radical (unpaired) electrons. The Labute approximate surface area is 162 Å². The number of benzene rings is 1. The number of rotatable bonds is 2. The maximum absolute atomic E-state index is 14.4. The van der Waals surface area contributed by atoms with Crippen LogP contribution in [-0.2, 0) is 7.05 Å². The summed E-state index contributed by atoms with van der Waals surface area (Å²) in [5, 5.41) is 10.6. The van der Waals surface area contributed by atoms with Gasteiger partial charge in [-0.15, -0.1) is 11.3 Å². The zero-order valence-corrected chi connectivity index (χ0v) is 16.3. The maximum Gasteiger partial charge on any atom is 0.152 e. The van der Waals surface area contributed by atoms with Gasteiger partial charge in [0.25, 0.3) is 0 Å². The van der Waals surface area contributed by atoms with Crippen molar-refractivity contribution in [3.8, 4) is 10.6 Å². The molecule has 4 heterocycles. The maximum atomic E-state index is 14.4. The third kappa shape index (κ3) is 2.60. The third-order valence-corrected chi connectivity index (χ3v) is 7.20. The molecule has 0 spiro atoms. The van der Waals surface area contributed by atoms with Gasteiger partial charge in [0.15, 0.2) is 5.82 Å². The van der Waals surface area contributed by atoms with Gasteiger partial charge in [-0.05, 0) is 12.1 Å². The van der Waals surface area contributed by atoms with Crippen LogP contribution in [0.15, 0.2) is 18.3 Å². The van der Waals surface area contributed by atoms with Crippen LogP contribution in [0.4, 0.5) is 9.39 Å². The van der Waals surface area contributed by atoms with Gasteiger partial charge in [-0.1, -0.05) is 22.9 Å². The predicted molar refractivity (Wildman–Crippen MR) is 107 cm³/mol. The molecule has 26 heavy (non-hydrogen) atoms. The van der Waals surface area contributed by atoms with E-state index in [-0.39, 0.29) is 5.82 Å². The number of piperazine rings is 1. The fourth-order valence-corrected chi connectivity index (χ4v) is 5.89. The van der Waals surface area contributed by atoms with E-state index in [1.165, 1.54) is 11.1 Å². The van der Waals surface area contributed by atoms with Crippen molar-refractivity contribution < 1.29 is 4.39 Å². The van der Waals surface area contributed by atoms with Crippen molar-refractivity contribution in [1.82, 2.24) is 20.1 Å². The van der Waals surface area contributed by atoms with E-state index < -0.39 is 0 Å². The summed E-state index contributed by atoms with van der Waals surface area (Å²) in [5.74, 6) is -0.375. The Morgan fingerprint density at radius 1 is 1.23 bits per heavy atom. The Kier molecular flexibility index (Phi) is 3.89. The first-order valence-electron chi connectivity index (χ1n) is 8.28. The predicted octanol–water partition coefficient (Wildman–Crippen LogP) is 4.11. The lowest BCUT2D eigenvalue weighted by atomic mass is 10.1. The number of anilines is 1. The SMILES string of the molecule is Cn1cc2c(Cl)c(-c3nc4sc(N5CCNCC5)cc4s3)cc(F)c2n1. The zero-order chi connectivity index (χ0) is 17.8. The van der Waals surface area contributed by atoms with Crippen LogP contribution in [0.2, 0.25) is 5.02 Å². The molecule has 1 N–H and O–H groups in total. The average molecular weight is 408 g/mol. The Morgan fingerprint density at radius 3 is 2.81 bits per heavy atom. The van der Waals surface area contributed by atoms with Crippen LogP contribution in [-0.4, -0.2) is 40.9 Å². The van der Waals surface area contributed by atoms with Gasteiger partial charge in [0.1, 0.15) is 15.4 Å².